The molecule has 24 heavy (non-hydrogen) atoms. The second-order valence-corrected chi connectivity index (χ2v) is 4.99. The van der Waals surface area contributed by atoms with E-state index in [4.69, 9.17) is 0 Å². The molecule has 0 spiro atoms. The Bertz CT molecular complexity index is 862. The molecule has 0 aliphatic heterocycles. The summed E-state index contributed by atoms with van der Waals surface area (Å²) in [5, 5.41) is 1.35. The van der Waals surface area contributed by atoms with Gasteiger partial charge in [0.25, 0.3) is 0 Å². The van der Waals surface area contributed by atoms with E-state index in [0.717, 1.165) is 10.6 Å². The summed E-state index contributed by atoms with van der Waals surface area (Å²) in [6.07, 6.45) is -6.81. The van der Waals surface area contributed by atoms with Crippen molar-refractivity contribution in [2.75, 3.05) is 5.32 Å². The highest BCUT2D eigenvalue weighted by Gasteiger charge is 2.35. The normalized spacial score (nSPS) is 12.6. The first-order valence-electron chi connectivity index (χ1n) is 6.63. The van der Waals surface area contributed by atoms with E-state index in [2.05, 4.69) is 4.98 Å². The maximum Gasteiger partial charge on any atom is 0.482 e. The number of hydrogen-bond acceptors (Lipinski definition) is 2. The Balaban J connectivity index is 1.97. The predicted octanol–water partition coefficient (Wildman–Crippen LogP) is 4.95. The van der Waals surface area contributed by atoms with Crippen molar-refractivity contribution in [2.45, 2.75) is 12.5 Å². The number of anilines is 1. The average Bonchev–Trinajstić information content (AvgIpc) is 2.89. The topological polar surface area (TPSA) is 29.3 Å². The molecule has 0 unspecified atom stereocenters. The Labute approximate surface area is 131 Å². The number of imidazole rings is 1. The summed E-state index contributed by atoms with van der Waals surface area (Å²) < 4.78 is 76.3. The minimum atomic E-state index is -4.61. The molecule has 0 saturated carbocycles. The quantitative estimate of drug-likeness (QED) is 0.526. The Morgan fingerprint density at radius 1 is 0.833 bits per heavy atom. The van der Waals surface area contributed by atoms with Gasteiger partial charge in [-0.25, -0.2) is 4.98 Å². The van der Waals surface area contributed by atoms with Gasteiger partial charge in [-0.1, -0.05) is 18.2 Å². The number of fused-ring (bicyclic) bond motifs is 1. The molecule has 0 atom stereocenters. The molecule has 126 valence electrons. The van der Waals surface area contributed by atoms with Gasteiger partial charge < -0.3 is 0 Å². The van der Waals surface area contributed by atoms with Crippen molar-refractivity contribution in [1.82, 2.24) is 9.38 Å². The van der Waals surface area contributed by atoms with Crippen LogP contribution in [0.2, 0.25) is 0 Å². The summed E-state index contributed by atoms with van der Waals surface area (Å²) >= 11 is 0. The fraction of sp³-hybridized carbons (Fsp3) is 0.133. The lowest BCUT2D eigenvalue weighted by atomic mass is 10.1. The molecule has 1 aromatic carbocycles. The van der Waals surface area contributed by atoms with Crippen molar-refractivity contribution < 1.29 is 26.3 Å². The highest BCUT2D eigenvalue weighted by molar-refractivity contribution is 5.67. The lowest BCUT2D eigenvalue weighted by Crippen LogP contribution is -2.20. The second kappa shape index (κ2) is 5.43. The van der Waals surface area contributed by atoms with Crippen molar-refractivity contribution in [3.63, 3.8) is 0 Å². The second-order valence-electron chi connectivity index (χ2n) is 4.99. The molecule has 0 fully saturated rings. The molecular weight excluding hydrogens is 336 g/mol. The van der Waals surface area contributed by atoms with Crippen LogP contribution in [0, 0.1) is 0 Å². The SMILES string of the molecule is FC(F)(F)Nc1ccc(-c2ccc3cnc(C(F)(F)F)n3c2)cc1. The predicted molar refractivity (Wildman–Crippen MR) is 75.3 cm³/mol. The van der Waals surface area contributed by atoms with E-state index in [1.165, 1.54) is 41.8 Å². The maximum absolute atomic E-state index is 12.9. The van der Waals surface area contributed by atoms with Crippen molar-refractivity contribution in [1.29, 1.82) is 0 Å². The number of nitrogens with one attached hydrogen (secondary N) is 1. The standard InChI is InChI=1S/C15H9F6N3/c16-14(17,18)13-22-7-12-6-3-10(8-24(12)13)9-1-4-11(5-2-9)23-15(19,20)21/h1-8,23H. The van der Waals surface area contributed by atoms with Gasteiger partial charge in [0, 0.05) is 11.9 Å². The Kier molecular flexibility index (Phi) is 3.66. The van der Waals surface area contributed by atoms with Crippen LogP contribution in [0.1, 0.15) is 5.82 Å². The van der Waals surface area contributed by atoms with Gasteiger partial charge in [0.2, 0.25) is 5.82 Å². The van der Waals surface area contributed by atoms with E-state index >= 15 is 0 Å². The zero-order valence-electron chi connectivity index (χ0n) is 11.8. The third kappa shape index (κ3) is 3.29. The summed E-state index contributed by atoms with van der Waals surface area (Å²) in [4.78, 5) is 3.36. The minimum absolute atomic E-state index is 0.161. The number of rotatable bonds is 2. The molecule has 2 heterocycles. The van der Waals surface area contributed by atoms with Gasteiger partial charge in [-0.3, -0.25) is 9.72 Å². The minimum Gasteiger partial charge on any atom is -0.298 e. The third-order valence-corrected chi connectivity index (χ3v) is 3.29. The Morgan fingerprint density at radius 2 is 1.46 bits per heavy atom. The van der Waals surface area contributed by atoms with E-state index in [0.29, 0.717) is 11.1 Å². The molecule has 1 N–H and O–H groups in total. The fourth-order valence-electron chi connectivity index (χ4n) is 2.28. The Morgan fingerprint density at radius 3 is 2.04 bits per heavy atom. The van der Waals surface area contributed by atoms with Crippen LogP contribution >= 0.6 is 0 Å². The van der Waals surface area contributed by atoms with Gasteiger partial charge in [0.05, 0.1) is 11.7 Å². The van der Waals surface area contributed by atoms with E-state index < -0.39 is 18.3 Å². The van der Waals surface area contributed by atoms with Crippen molar-refractivity contribution in [2.24, 2.45) is 0 Å². The summed E-state index contributed by atoms with van der Waals surface area (Å²) in [5.41, 5.74) is 1.00. The molecule has 3 nitrogen and oxygen atoms in total. The first kappa shape index (κ1) is 16.2. The monoisotopic (exact) mass is 345 g/mol. The van der Waals surface area contributed by atoms with Gasteiger partial charge >= 0.3 is 12.5 Å². The van der Waals surface area contributed by atoms with Crippen molar-refractivity contribution >= 4 is 11.2 Å². The van der Waals surface area contributed by atoms with Gasteiger partial charge in [-0.2, -0.15) is 26.3 Å². The van der Waals surface area contributed by atoms with Crippen LogP contribution in [0.25, 0.3) is 16.6 Å². The number of pyridine rings is 1. The molecule has 0 bridgehead atoms. The third-order valence-electron chi connectivity index (χ3n) is 3.29. The van der Waals surface area contributed by atoms with Crippen LogP contribution in [-0.2, 0) is 6.18 Å². The highest BCUT2D eigenvalue weighted by Crippen LogP contribution is 2.30. The molecule has 2 aromatic heterocycles. The smallest absolute Gasteiger partial charge is 0.298 e. The number of benzene rings is 1. The molecular formula is C15H9F6N3. The molecule has 0 aliphatic carbocycles. The molecule has 0 radical (unpaired) electrons. The number of nitrogens with zero attached hydrogens (tertiary/aromatic N) is 2. The fourth-order valence-corrected chi connectivity index (χ4v) is 2.28. The van der Waals surface area contributed by atoms with E-state index in [-0.39, 0.29) is 11.2 Å². The highest BCUT2D eigenvalue weighted by atomic mass is 19.4. The van der Waals surface area contributed by atoms with Gasteiger partial charge in [0.15, 0.2) is 0 Å². The number of aromatic nitrogens is 2. The summed E-state index contributed by atoms with van der Waals surface area (Å²) in [7, 11) is 0. The molecule has 0 saturated heterocycles. The van der Waals surface area contributed by atoms with E-state index in [1.54, 1.807) is 6.07 Å². The van der Waals surface area contributed by atoms with Gasteiger partial charge in [-0.15, -0.1) is 0 Å². The lowest BCUT2D eigenvalue weighted by Gasteiger charge is -2.11. The van der Waals surface area contributed by atoms with Crippen molar-refractivity contribution in [3.8, 4) is 11.1 Å². The zero-order valence-corrected chi connectivity index (χ0v) is 11.8. The van der Waals surface area contributed by atoms with Crippen LogP contribution < -0.4 is 5.32 Å². The number of halogens is 6. The zero-order chi connectivity index (χ0) is 17.5. The maximum atomic E-state index is 12.9. The molecule has 9 heteroatoms. The van der Waals surface area contributed by atoms with Crippen molar-refractivity contribution in [3.05, 3.63) is 54.6 Å². The van der Waals surface area contributed by atoms with E-state index in [9.17, 15) is 26.3 Å². The number of alkyl halides is 6. The van der Waals surface area contributed by atoms with Gasteiger partial charge in [-0.05, 0) is 29.3 Å². The molecule has 3 rings (SSSR count). The van der Waals surface area contributed by atoms with E-state index in [1.807, 2.05) is 0 Å². The Hall–Kier alpha value is -2.71. The molecule has 0 aliphatic rings. The van der Waals surface area contributed by atoms with Crippen LogP contribution in [0.5, 0.6) is 0 Å². The first-order chi connectivity index (χ1) is 11.1. The first-order valence-corrected chi connectivity index (χ1v) is 6.63. The van der Waals surface area contributed by atoms with Crippen LogP contribution in [0.15, 0.2) is 48.8 Å². The van der Waals surface area contributed by atoms with Crippen LogP contribution in [0.3, 0.4) is 0 Å². The summed E-state index contributed by atoms with van der Waals surface area (Å²) in [6.45, 7) is 0. The largest absolute Gasteiger partial charge is 0.482 e. The molecule has 0 amide bonds. The summed E-state index contributed by atoms with van der Waals surface area (Å²) in [6, 6.07) is 8.21. The average molecular weight is 345 g/mol. The van der Waals surface area contributed by atoms with Crippen LogP contribution in [0.4, 0.5) is 32.0 Å². The number of hydrogen-bond donors (Lipinski definition) is 1. The lowest BCUT2D eigenvalue weighted by molar-refractivity contribution is -0.145. The van der Waals surface area contributed by atoms with Gasteiger partial charge in [0.1, 0.15) is 0 Å². The van der Waals surface area contributed by atoms with Crippen LogP contribution in [-0.4, -0.2) is 15.7 Å². The summed E-state index contributed by atoms with van der Waals surface area (Å²) in [5.74, 6) is -1.06. The molecule has 3 aromatic rings.